The van der Waals surface area contributed by atoms with Gasteiger partial charge in [0.2, 0.25) is 5.91 Å². The molecule has 170 valence electrons. The number of aromatic nitrogens is 3. The number of amides is 1. The molecule has 32 heavy (non-hydrogen) atoms. The summed E-state index contributed by atoms with van der Waals surface area (Å²) in [7, 11) is 0. The van der Waals surface area contributed by atoms with Crippen molar-refractivity contribution >= 4 is 28.4 Å². The lowest BCUT2D eigenvalue weighted by atomic mass is 9.97. The van der Waals surface area contributed by atoms with Gasteiger partial charge in [0, 0.05) is 32.0 Å². The smallest absolute Gasteiger partial charge is 0.224 e. The molecule has 7 heteroatoms. The molecule has 7 nitrogen and oxygen atoms in total. The van der Waals surface area contributed by atoms with Crippen LogP contribution in [0.1, 0.15) is 44.9 Å². The molecule has 2 saturated heterocycles. The van der Waals surface area contributed by atoms with Crippen molar-refractivity contribution in [2.45, 2.75) is 44.9 Å². The number of nitrogens with zero attached hydrogens (tertiary/aromatic N) is 5. The molecule has 5 heterocycles. The number of fused-ring (bicyclic) bond motifs is 3. The van der Waals surface area contributed by atoms with Gasteiger partial charge in [0.15, 0.2) is 11.5 Å². The topological polar surface area (TPSA) is 65.8 Å². The van der Waals surface area contributed by atoms with Crippen LogP contribution in [-0.4, -0.2) is 64.4 Å². The van der Waals surface area contributed by atoms with Crippen LogP contribution in [0.25, 0.3) is 16.7 Å². The third-order valence-corrected chi connectivity index (χ3v) is 6.96. The highest BCUT2D eigenvalue weighted by atomic mass is 16.1. The lowest BCUT2D eigenvalue weighted by Gasteiger charge is -2.33. The summed E-state index contributed by atoms with van der Waals surface area (Å²) in [6.45, 7) is 5.93. The van der Waals surface area contributed by atoms with Crippen LogP contribution in [0, 0.1) is 5.92 Å². The Morgan fingerprint density at radius 3 is 2.75 bits per heavy atom. The summed E-state index contributed by atoms with van der Waals surface area (Å²) in [4.78, 5) is 27.1. The van der Waals surface area contributed by atoms with E-state index in [4.69, 9.17) is 4.98 Å². The Morgan fingerprint density at radius 1 is 1.03 bits per heavy atom. The molecular formula is C25H34N6O. The molecule has 5 rings (SSSR count). The zero-order valence-corrected chi connectivity index (χ0v) is 18.9. The average Bonchev–Trinajstić information content (AvgIpc) is 3.19. The number of likely N-dealkylation sites (tertiary alicyclic amines) is 1. The van der Waals surface area contributed by atoms with E-state index in [0.717, 1.165) is 61.4 Å². The predicted molar refractivity (Wildman–Crippen MR) is 128 cm³/mol. The fraction of sp³-hybridized carbons (Fsp3) is 0.560. The summed E-state index contributed by atoms with van der Waals surface area (Å²) < 4.78 is 2.15. The number of anilines is 1. The second kappa shape index (κ2) is 9.86. The fourth-order valence-electron chi connectivity index (χ4n) is 5.23. The summed E-state index contributed by atoms with van der Waals surface area (Å²) in [6.07, 6.45) is 12.2. The number of nitrogens with one attached hydrogen (secondary N) is 1. The maximum Gasteiger partial charge on any atom is 0.224 e. The van der Waals surface area contributed by atoms with Crippen molar-refractivity contribution in [3.05, 3.63) is 36.7 Å². The highest BCUT2D eigenvalue weighted by Crippen LogP contribution is 2.28. The number of pyridine rings is 1. The molecule has 0 radical (unpaired) electrons. The van der Waals surface area contributed by atoms with Gasteiger partial charge in [-0.25, -0.2) is 9.97 Å². The third-order valence-electron chi connectivity index (χ3n) is 6.96. The lowest BCUT2D eigenvalue weighted by Crippen LogP contribution is -2.44. The van der Waals surface area contributed by atoms with E-state index < -0.39 is 0 Å². The molecule has 2 aliphatic rings. The molecule has 2 aliphatic heterocycles. The molecule has 2 fully saturated rings. The van der Waals surface area contributed by atoms with E-state index in [-0.39, 0.29) is 11.8 Å². The van der Waals surface area contributed by atoms with Gasteiger partial charge in [-0.15, -0.1) is 0 Å². The van der Waals surface area contributed by atoms with E-state index in [1.807, 2.05) is 18.2 Å². The Bertz CT molecular complexity index is 1050. The van der Waals surface area contributed by atoms with E-state index in [1.165, 1.54) is 38.8 Å². The standard InChI is InChI=1S/C25H34N6O/c32-25(27-13-8-16-29-14-3-1-2-4-15-29)20-9-6-17-30(19-20)24-22-11-7-18-31(22)21-10-5-12-26-23(21)28-24/h5,7,10-12,18,20H,1-4,6,8-9,13-17,19H2,(H,27,32)/t20-/m0/s1. The summed E-state index contributed by atoms with van der Waals surface area (Å²) in [6, 6.07) is 8.13. The molecule has 3 aromatic heterocycles. The van der Waals surface area contributed by atoms with Crippen LogP contribution in [0.5, 0.6) is 0 Å². The fourth-order valence-corrected chi connectivity index (χ4v) is 5.23. The Kier molecular flexibility index (Phi) is 6.53. The number of carbonyl (C=O) groups is 1. The minimum atomic E-state index is 0.0122. The molecule has 0 spiro atoms. The highest BCUT2D eigenvalue weighted by molar-refractivity contribution is 5.84. The van der Waals surface area contributed by atoms with Gasteiger partial charge in [0.25, 0.3) is 0 Å². The maximum atomic E-state index is 12.9. The van der Waals surface area contributed by atoms with Crippen LogP contribution < -0.4 is 10.2 Å². The van der Waals surface area contributed by atoms with Gasteiger partial charge in [-0.1, -0.05) is 12.8 Å². The van der Waals surface area contributed by atoms with Crippen molar-refractivity contribution in [1.29, 1.82) is 0 Å². The van der Waals surface area contributed by atoms with Gasteiger partial charge in [-0.3, -0.25) is 4.79 Å². The van der Waals surface area contributed by atoms with Crippen LogP contribution in [0.15, 0.2) is 36.7 Å². The van der Waals surface area contributed by atoms with Gasteiger partial charge in [-0.2, -0.15) is 0 Å². The zero-order chi connectivity index (χ0) is 21.8. The molecule has 1 N–H and O–H groups in total. The second-order valence-electron chi connectivity index (χ2n) is 9.23. The molecule has 0 saturated carbocycles. The maximum absolute atomic E-state index is 12.9. The van der Waals surface area contributed by atoms with E-state index in [0.29, 0.717) is 6.54 Å². The van der Waals surface area contributed by atoms with Crippen molar-refractivity contribution in [3.63, 3.8) is 0 Å². The van der Waals surface area contributed by atoms with Gasteiger partial charge in [-0.05, 0) is 76.0 Å². The normalized spacial score (nSPS) is 20.5. The number of rotatable bonds is 6. The molecule has 0 aliphatic carbocycles. The summed E-state index contributed by atoms with van der Waals surface area (Å²) >= 11 is 0. The third kappa shape index (κ3) is 4.58. The summed E-state index contributed by atoms with van der Waals surface area (Å²) in [5, 5.41) is 3.21. The Morgan fingerprint density at radius 2 is 1.88 bits per heavy atom. The first-order chi connectivity index (χ1) is 15.8. The largest absolute Gasteiger partial charge is 0.356 e. The van der Waals surface area contributed by atoms with Crippen molar-refractivity contribution in [2.24, 2.45) is 5.92 Å². The van der Waals surface area contributed by atoms with E-state index in [1.54, 1.807) is 6.20 Å². The first-order valence-electron chi connectivity index (χ1n) is 12.3. The van der Waals surface area contributed by atoms with Crippen molar-refractivity contribution in [1.82, 2.24) is 24.6 Å². The molecule has 1 amide bonds. The first kappa shape index (κ1) is 21.2. The summed E-state index contributed by atoms with van der Waals surface area (Å²) in [5.74, 6) is 1.13. The minimum Gasteiger partial charge on any atom is -0.356 e. The molecular weight excluding hydrogens is 400 g/mol. The van der Waals surface area contributed by atoms with E-state index >= 15 is 0 Å². The lowest BCUT2D eigenvalue weighted by molar-refractivity contribution is -0.125. The second-order valence-corrected chi connectivity index (χ2v) is 9.23. The Labute approximate surface area is 189 Å². The van der Waals surface area contributed by atoms with Gasteiger partial charge in [0.1, 0.15) is 0 Å². The van der Waals surface area contributed by atoms with Crippen LogP contribution in [-0.2, 0) is 4.79 Å². The monoisotopic (exact) mass is 434 g/mol. The quantitative estimate of drug-likeness (QED) is 0.602. The van der Waals surface area contributed by atoms with Gasteiger partial charge >= 0.3 is 0 Å². The van der Waals surface area contributed by atoms with Crippen LogP contribution in [0.2, 0.25) is 0 Å². The minimum absolute atomic E-state index is 0.0122. The first-order valence-corrected chi connectivity index (χ1v) is 12.3. The highest BCUT2D eigenvalue weighted by Gasteiger charge is 2.28. The van der Waals surface area contributed by atoms with Gasteiger partial charge < -0.3 is 19.5 Å². The van der Waals surface area contributed by atoms with Crippen molar-refractivity contribution in [2.75, 3.05) is 44.2 Å². The van der Waals surface area contributed by atoms with Crippen molar-refractivity contribution < 1.29 is 4.79 Å². The number of hydrogen-bond donors (Lipinski definition) is 1. The Hall–Kier alpha value is -2.67. The molecule has 3 aromatic rings. The molecule has 1 atom stereocenters. The number of hydrogen-bond acceptors (Lipinski definition) is 5. The molecule has 0 unspecified atom stereocenters. The van der Waals surface area contributed by atoms with Crippen LogP contribution in [0.4, 0.5) is 5.82 Å². The zero-order valence-electron chi connectivity index (χ0n) is 18.9. The van der Waals surface area contributed by atoms with E-state index in [2.05, 4.69) is 36.8 Å². The number of carbonyl (C=O) groups excluding carboxylic acids is 1. The molecule has 0 bridgehead atoms. The van der Waals surface area contributed by atoms with Gasteiger partial charge in [0.05, 0.1) is 17.0 Å². The SMILES string of the molecule is O=C(NCCCN1CCCCCC1)[C@H]1CCCN(c2nc3ncccc3n3cccc23)C1. The average molecular weight is 435 g/mol. The van der Waals surface area contributed by atoms with Crippen molar-refractivity contribution in [3.8, 4) is 0 Å². The molecule has 0 aromatic carbocycles. The summed E-state index contributed by atoms with van der Waals surface area (Å²) in [5.41, 5.74) is 2.82. The van der Waals surface area contributed by atoms with Crippen LogP contribution in [0.3, 0.4) is 0 Å². The van der Waals surface area contributed by atoms with E-state index in [9.17, 15) is 4.79 Å². The predicted octanol–water partition coefficient (Wildman–Crippen LogP) is 3.48. The Balaban J connectivity index is 1.21. The number of piperidine rings is 1. The van der Waals surface area contributed by atoms with Crippen LogP contribution >= 0.6 is 0 Å².